The highest BCUT2D eigenvalue weighted by atomic mass is 19.1. The van der Waals surface area contributed by atoms with Crippen molar-refractivity contribution in [3.63, 3.8) is 0 Å². The summed E-state index contributed by atoms with van der Waals surface area (Å²) < 4.78 is 19.1. The first-order valence-corrected chi connectivity index (χ1v) is 11.5. The summed E-state index contributed by atoms with van der Waals surface area (Å²) in [5.74, 6) is -0.255. The third kappa shape index (κ3) is 4.86. The van der Waals surface area contributed by atoms with E-state index in [-0.39, 0.29) is 35.9 Å². The molecule has 0 spiro atoms. The predicted octanol–water partition coefficient (Wildman–Crippen LogP) is 5.60. The molecule has 1 aliphatic heterocycles. The fraction of sp³-hybridized carbons (Fsp3) is 0.214. The molecule has 1 aliphatic rings. The van der Waals surface area contributed by atoms with E-state index in [1.54, 1.807) is 30.3 Å². The third-order valence-corrected chi connectivity index (χ3v) is 6.27. The smallest absolute Gasteiger partial charge is 0.291 e. The lowest BCUT2D eigenvalue weighted by Crippen LogP contribution is -2.37. The summed E-state index contributed by atoms with van der Waals surface area (Å²) in [6.07, 6.45) is 2.83. The SMILES string of the molecule is O=C(Nc1ccc(CC(=O)N2CCCC2Cc2cccc(F)c2)cc1)c1cc2ccccc2o1. The Morgan fingerprint density at radius 3 is 2.59 bits per heavy atom. The second kappa shape index (κ2) is 9.51. The molecule has 2 heterocycles. The van der Waals surface area contributed by atoms with Gasteiger partial charge in [-0.1, -0.05) is 42.5 Å². The van der Waals surface area contributed by atoms with Gasteiger partial charge >= 0.3 is 0 Å². The Morgan fingerprint density at radius 1 is 0.971 bits per heavy atom. The average molecular weight is 457 g/mol. The second-order valence-corrected chi connectivity index (χ2v) is 8.69. The number of benzene rings is 3. The highest BCUT2D eigenvalue weighted by Gasteiger charge is 2.28. The van der Waals surface area contributed by atoms with E-state index in [4.69, 9.17) is 4.42 Å². The van der Waals surface area contributed by atoms with E-state index in [1.807, 2.05) is 47.4 Å². The number of hydrogen-bond acceptors (Lipinski definition) is 3. The van der Waals surface area contributed by atoms with E-state index < -0.39 is 0 Å². The number of hydrogen-bond donors (Lipinski definition) is 1. The van der Waals surface area contributed by atoms with Crippen LogP contribution in [0.4, 0.5) is 10.1 Å². The number of carbonyl (C=O) groups excluding carboxylic acids is 2. The minimum atomic E-state index is -0.322. The molecule has 1 atom stereocenters. The van der Waals surface area contributed by atoms with Crippen molar-refractivity contribution in [2.45, 2.75) is 31.7 Å². The van der Waals surface area contributed by atoms with Gasteiger partial charge in [-0.05, 0) is 66.8 Å². The van der Waals surface area contributed by atoms with Gasteiger partial charge in [-0.3, -0.25) is 9.59 Å². The summed E-state index contributed by atoms with van der Waals surface area (Å²) in [6.45, 7) is 0.727. The lowest BCUT2D eigenvalue weighted by molar-refractivity contribution is -0.131. The van der Waals surface area contributed by atoms with E-state index in [1.165, 1.54) is 6.07 Å². The average Bonchev–Trinajstić information content (AvgIpc) is 3.47. The molecule has 172 valence electrons. The Labute approximate surface area is 197 Å². The van der Waals surface area contributed by atoms with Crippen molar-refractivity contribution in [1.82, 2.24) is 4.90 Å². The molecular weight excluding hydrogens is 431 g/mol. The molecule has 1 fully saturated rings. The zero-order valence-electron chi connectivity index (χ0n) is 18.7. The lowest BCUT2D eigenvalue weighted by Gasteiger charge is -2.25. The number of halogens is 1. The first kappa shape index (κ1) is 21.9. The van der Waals surface area contributed by atoms with Crippen LogP contribution in [0.25, 0.3) is 11.0 Å². The van der Waals surface area contributed by atoms with Gasteiger partial charge in [0.1, 0.15) is 11.4 Å². The van der Waals surface area contributed by atoms with E-state index in [0.29, 0.717) is 17.7 Å². The van der Waals surface area contributed by atoms with Crippen molar-refractivity contribution < 1.29 is 18.4 Å². The lowest BCUT2D eigenvalue weighted by atomic mass is 10.0. The van der Waals surface area contributed by atoms with Gasteiger partial charge in [-0.15, -0.1) is 0 Å². The fourth-order valence-corrected chi connectivity index (χ4v) is 4.58. The third-order valence-electron chi connectivity index (χ3n) is 6.27. The minimum Gasteiger partial charge on any atom is -0.451 e. The van der Waals surface area contributed by atoms with Gasteiger partial charge in [-0.25, -0.2) is 4.39 Å². The van der Waals surface area contributed by atoms with Gasteiger partial charge in [0.15, 0.2) is 5.76 Å². The number of nitrogens with zero attached hydrogens (tertiary/aromatic N) is 1. The number of likely N-dealkylation sites (tertiary alicyclic amines) is 1. The molecule has 34 heavy (non-hydrogen) atoms. The first-order valence-electron chi connectivity index (χ1n) is 11.5. The van der Waals surface area contributed by atoms with Crippen molar-refractivity contribution in [1.29, 1.82) is 0 Å². The Kier molecular flexibility index (Phi) is 6.12. The maximum atomic E-state index is 13.5. The van der Waals surface area contributed by atoms with E-state index >= 15 is 0 Å². The van der Waals surface area contributed by atoms with Crippen LogP contribution in [-0.4, -0.2) is 29.3 Å². The van der Waals surface area contributed by atoms with Gasteiger partial charge in [0.25, 0.3) is 5.91 Å². The molecule has 5 nitrogen and oxygen atoms in total. The van der Waals surface area contributed by atoms with Crippen LogP contribution in [0.15, 0.2) is 83.3 Å². The maximum absolute atomic E-state index is 13.5. The summed E-state index contributed by atoms with van der Waals surface area (Å²) >= 11 is 0. The largest absolute Gasteiger partial charge is 0.451 e. The molecule has 4 aromatic rings. The summed E-state index contributed by atoms with van der Waals surface area (Å²) in [6, 6.07) is 23.1. The molecule has 3 aromatic carbocycles. The van der Waals surface area contributed by atoms with Crippen LogP contribution in [-0.2, 0) is 17.6 Å². The highest BCUT2D eigenvalue weighted by Crippen LogP contribution is 2.24. The Hall–Kier alpha value is -3.93. The van der Waals surface area contributed by atoms with Crippen molar-refractivity contribution in [2.24, 2.45) is 0 Å². The van der Waals surface area contributed by atoms with Crippen LogP contribution in [0.5, 0.6) is 0 Å². The number of rotatable bonds is 6. The zero-order chi connectivity index (χ0) is 23.5. The first-order chi connectivity index (χ1) is 16.5. The molecule has 0 aliphatic carbocycles. The summed E-state index contributed by atoms with van der Waals surface area (Å²) in [4.78, 5) is 27.4. The molecule has 2 amide bonds. The number of carbonyl (C=O) groups is 2. The number of furan rings is 1. The molecule has 0 radical (unpaired) electrons. The molecule has 1 N–H and O–H groups in total. The number of para-hydroxylation sites is 1. The molecule has 1 saturated heterocycles. The molecule has 0 saturated carbocycles. The highest BCUT2D eigenvalue weighted by molar-refractivity contribution is 6.04. The van der Waals surface area contributed by atoms with E-state index in [2.05, 4.69) is 5.32 Å². The van der Waals surface area contributed by atoms with Crippen molar-refractivity contribution in [3.8, 4) is 0 Å². The van der Waals surface area contributed by atoms with Crippen molar-refractivity contribution >= 4 is 28.5 Å². The van der Waals surface area contributed by atoms with Crippen LogP contribution >= 0.6 is 0 Å². The quantitative estimate of drug-likeness (QED) is 0.411. The number of nitrogens with one attached hydrogen (secondary N) is 1. The van der Waals surface area contributed by atoms with Gasteiger partial charge in [-0.2, -0.15) is 0 Å². The van der Waals surface area contributed by atoms with Crippen LogP contribution in [0.1, 0.15) is 34.5 Å². The minimum absolute atomic E-state index is 0.0676. The number of amides is 2. The van der Waals surface area contributed by atoms with Crippen LogP contribution in [0.2, 0.25) is 0 Å². The normalized spacial score (nSPS) is 15.6. The summed E-state index contributed by atoms with van der Waals surface area (Å²) in [7, 11) is 0. The van der Waals surface area contributed by atoms with Crippen LogP contribution in [0.3, 0.4) is 0 Å². The van der Waals surface area contributed by atoms with Gasteiger partial charge < -0.3 is 14.6 Å². The number of fused-ring (bicyclic) bond motifs is 1. The van der Waals surface area contributed by atoms with Crippen LogP contribution < -0.4 is 5.32 Å². The summed E-state index contributed by atoms with van der Waals surface area (Å²) in [5.41, 5.74) is 3.09. The molecule has 1 unspecified atom stereocenters. The van der Waals surface area contributed by atoms with E-state index in [0.717, 1.165) is 35.9 Å². The standard InChI is InChI=1S/C28H25FN2O3/c29-22-7-3-5-20(15-22)16-24-8-4-14-31(24)27(32)17-19-10-12-23(13-11-19)30-28(33)26-18-21-6-1-2-9-25(21)34-26/h1-3,5-7,9-13,15,18,24H,4,8,14,16-17H2,(H,30,33). The fourth-order valence-electron chi connectivity index (χ4n) is 4.58. The van der Waals surface area contributed by atoms with E-state index in [9.17, 15) is 14.0 Å². The van der Waals surface area contributed by atoms with Gasteiger partial charge in [0.2, 0.25) is 5.91 Å². The monoisotopic (exact) mass is 456 g/mol. The topological polar surface area (TPSA) is 62.6 Å². The molecule has 0 bridgehead atoms. The Morgan fingerprint density at radius 2 is 1.79 bits per heavy atom. The zero-order valence-corrected chi connectivity index (χ0v) is 18.7. The van der Waals surface area contributed by atoms with Crippen LogP contribution in [0, 0.1) is 5.82 Å². The van der Waals surface area contributed by atoms with Crippen molar-refractivity contribution in [3.05, 3.63) is 102 Å². The maximum Gasteiger partial charge on any atom is 0.291 e. The van der Waals surface area contributed by atoms with Gasteiger partial charge in [0, 0.05) is 23.7 Å². The van der Waals surface area contributed by atoms with Gasteiger partial charge in [0.05, 0.1) is 6.42 Å². The molecule has 6 heteroatoms. The predicted molar refractivity (Wildman–Crippen MR) is 129 cm³/mol. The summed E-state index contributed by atoms with van der Waals surface area (Å²) in [5, 5.41) is 3.71. The molecular formula is C28H25FN2O3. The Bertz CT molecular complexity index is 1300. The molecule has 1 aromatic heterocycles. The number of anilines is 1. The van der Waals surface area contributed by atoms with Crippen molar-refractivity contribution in [2.75, 3.05) is 11.9 Å². The Balaban J connectivity index is 1.19. The molecule has 5 rings (SSSR count). The second-order valence-electron chi connectivity index (χ2n) is 8.69.